The average molecular weight is 395 g/mol. The summed E-state index contributed by atoms with van der Waals surface area (Å²) in [7, 11) is -3.52. The van der Waals surface area contributed by atoms with Crippen LogP contribution in [0, 0.1) is 0 Å². The van der Waals surface area contributed by atoms with Crippen molar-refractivity contribution < 1.29 is 18.0 Å². The van der Waals surface area contributed by atoms with Gasteiger partial charge < -0.3 is 10.1 Å². The minimum atomic E-state index is -3.52. The Labute approximate surface area is 162 Å². The van der Waals surface area contributed by atoms with Crippen LogP contribution in [0.1, 0.15) is 58.9 Å². The van der Waals surface area contributed by atoms with E-state index < -0.39 is 10.0 Å². The number of rotatable bonds is 6. The van der Waals surface area contributed by atoms with E-state index in [9.17, 15) is 18.0 Å². The Kier molecular flexibility index (Phi) is 6.81. The van der Waals surface area contributed by atoms with Gasteiger partial charge in [0, 0.05) is 32.0 Å². The van der Waals surface area contributed by atoms with E-state index in [0.29, 0.717) is 30.8 Å². The van der Waals surface area contributed by atoms with Gasteiger partial charge in [0.05, 0.1) is 4.90 Å². The molecule has 7 heteroatoms. The number of carbonyl (C=O) groups is 2. The molecule has 0 bridgehead atoms. The molecule has 1 saturated heterocycles. The monoisotopic (exact) mass is 394 g/mol. The molecule has 0 atom stereocenters. The number of Topliss-reactive ketones (excluding diaryl/α,β-unsaturated/α-hetero) is 1. The zero-order valence-electron chi connectivity index (χ0n) is 16.6. The van der Waals surface area contributed by atoms with Crippen LogP contribution >= 0.6 is 0 Å². The third-order valence-corrected chi connectivity index (χ3v) is 6.79. The molecule has 6 nitrogen and oxygen atoms in total. The van der Waals surface area contributed by atoms with Crippen molar-refractivity contribution >= 4 is 21.7 Å². The highest BCUT2D eigenvalue weighted by molar-refractivity contribution is 7.89. The Morgan fingerprint density at radius 3 is 2.11 bits per heavy atom. The number of hydrogen-bond donors (Lipinski definition) is 1. The van der Waals surface area contributed by atoms with Gasteiger partial charge in [-0.25, -0.2) is 8.42 Å². The molecule has 0 radical (unpaired) electrons. The fraction of sp³-hybridized carbons (Fsp3) is 0.600. The Morgan fingerprint density at radius 1 is 1.07 bits per heavy atom. The first kappa shape index (κ1) is 21.6. The molecule has 1 amide bonds. The summed E-state index contributed by atoms with van der Waals surface area (Å²) >= 11 is 0. The molecule has 0 saturated carbocycles. The van der Waals surface area contributed by atoms with E-state index in [1.807, 2.05) is 12.1 Å². The van der Waals surface area contributed by atoms with Crippen molar-refractivity contribution in [1.82, 2.24) is 9.62 Å². The fourth-order valence-corrected chi connectivity index (χ4v) is 4.58. The van der Waals surface area contributed by atoms with Crippen molar-refractivity contribution in [2.24, 2.45) is 0 Å². The molecule has 1 aliphatic heterocycles. The maximum Gasteiger partial charge on any atom is 0.243 e. The van der Waals surface area contributed by atoms with Crippen LogP contribution in [0.15, 0.2) is 29.2 Å². The predicted molar refractivity (Wildman–Crippen MR) is 105 cm³/mol. The van der Waals surface area contributed by atoms with Gasteiger partial charge in [-0.1, -0.05) is 32.9 Å². The van der Waals surface area contributed by atoms with Gasteiger partial charge in [-0.2, -0.15) is 4.31 Å². The van der Waals surface area contributed by atoms with Crippen LogP contribution in [0.25, 0.3) is 0 Å². The quantitative estimate of drug-likeness (QED) is 0.804. The molecular formula is C20H30N2O4S. The molecule has 27 heavy (non-hydrogen) atoms. The van der Waals surface area contributed by atoms with Crippen molar-refractivity contribution in [2.75, 3.05) is 13.1 Å². The maximum absolute atomic E-state index is 12.9. The molecule has 150 valence electrons. The highest BCUT2D eigenvalue weighted by Crippen LogP contribution is 2.26. The lowest BCUT2D eigenvalue weighted by Crippen LogP contribution is -2.46. The van der Waals surface area contributed by atoms with E-state index in [1.165, 1.54) is 11.2 Å². The Bertz CT molecular complexity index is 771. The molecular weight excluding hydrogens is 364 g/mol. The summed E-state index contributed by atoms with van der Waals surface area (Å²) in [5, 5.41) is 2.90. The van der Waals surface area contributed by atoms with Gasteiger partial charge in [0.2, 0.25) is 15.9 Å². The molecule has 1 heterocycles. The normalized spacial score (nSPS) is 16.9. The molecule has 1 fully saturated rings. The minimum Gasteiger partial charge on any atom is -0.353 e. The molecule has 1 aromatic rings. The van der Waals surface area contributed by atoms with E-state index in [-0.39, 0.29) is 36.0 Å². The second kappa shape index (κ2) is 8.52. The van der Waals surface area contributed by atoms with Gasteiger partial charge in [-0.3, -0.25) is 4.79 Å². The molecule has 1 N–H and O–H groups in total. The van der Waals surface area contributed by atoms with Crippen LogP contribution in [0.4, 0.5) is 0 Å². The Morgan fingerprint density at radius 2 is 1.63 bits per heavy atom. The summed E-state index contributed by atoms with van der Waals surface area (Å²) in [6.45, 7) is 8.48. The largest absolute Gasteiger partial charge is 0.353 e. The van der Waals surface area contributed by atoms with E-state index in [0.717, 1.165) is 5.56 Å². The van der Waals surface area contributed by atoms with Crippen LogP contribution in [-0.4, -0.2) is 43.5 Å². The first-order valence-electron chi connectivity index (χ1n) is 9.39. The van der Waals surface area contributed by atoms with E-state index in [1.54, 1.807) is 12.1 Å². The van der Waals surface area contributed by atoms with Crippen LogP contribution in [0.5, 0.6) is 0 Å². The lowest BCUT2D eigenvalue weighted by atomic mass is 9.87. The van der Waals surface area contributed by atoms with Crippen molar-refractivity contribution in [3.8, 4) is 0 Å². The Hall–Kier alpha value is -1.73. The molecule has 1 aromatic carbocycles. The number of amides is 1. The number of nitrogens with zero attached hydrogens (tertiary/aromatic N) is 1. The lowest BCUT2D eigenvalue weighted by molar-refractivity contribution is -0.125. The summed E-state index contributed by atoms with van der Waals surface area (Å²) < 4.78 is 27.2. The van der Waals surface area contributed by atoms with E-state index >= 15 is 0 Å². The number of nitrogens with one attached hydrogen (secondary N) is 1. The van der Waals surface area contributed by atoms with Gasteiger partial charge in [-0.15, -0.1) is 0 Å². The maximum atomic E-state index is 12.9. The van der Waals surface area contributed by atoms with E-state index in [4.69, 9.17) is 0 Å². The molecule has 0 aromatic heterocycles. The third kappa shape index (κ3) is 5.87. The highest BCUT2D eigenvalue weighted by Gasteiger charge is 2.30. The summed E-state index contributed by atoms with van der Waals surface area (Å²) in [6, 6.07) is 7.04. The summed E-state index contributed by atoms with van der Waals surface area (Å²) in [5.41, 5.74) is 1.06. The van der Waals surface area contributed by atoms with Crippen molar-refractivity contribution in [3.05, 3.63) is 29.8 Å². The number of carbonyl (C=O) groups excluding carboxylic acids is 2. The topological polar surface area (TPSA) is 83.6 Å². The standard InChI is InChI=1S/C20H30N2O4S/c1-15(23)5-10-19(24)21-17-11-13-22(14-12-17)27(25,26)18-8-6-16(7-9-18)20(2,3)4/h6-9,17H,5,10-14H2,1-4H3,(H,21,24). The number of ketones is 1. The van der Waals surface area contributed by atoms with Gasteiger partial charge in [0.1, 0.15) is 5.78 Å². The number of benzene rings is 1. The average Bonchev–Trinajstić information content (AvgIpc) is 2.60. The lowest BCUT2D eigenvalue weighted by Gasteiger charge is -2.31. The summed E-state index contributed by atoms with van der Waals surface area (Å²) in [4.78, 5) is 23.1. The molecule has 1 aliphatic rings. The second-order valence-electron chi connectivity index (χ2n) is 8.22. The smallest absolute Gasteiger partial charge is 0.243 e. The van der Waals surface area contributed by atoms with Crippen LogP contribution in [0.3, 0.4) is 0 Å². The predicted octanol–water partition coefficient (Wildman–Crippen LogP) is 2.62. The first-order chi connectivity index (χ1) is 12.5. The minimum absolute atomic E-state index is 0.0106. The fourth-order valence-electron chi connectivity index (χ4n) is 3.11. The van der Waals surface area contributed by atoms with Gasteiger partial charge >= 0.3 is 0 Å². The molecule has 0 aliphatic carbocycles. The zero-order chi connectivity index (χ0) is 20.2. The SMILES string of the molecule is CC(=O)CCC(=O)NC1CCN(S(=O)(=O)c2ccc(C(C)(C)C)cc2)CC1. The van der Waals surface area contributed by atoms with Crippen molar-refractivity contribution in [3.63, 3.8) is 0 Å². The molecule has 0 unspecified atom stereocenters. The number of piperidine rings is 1. The van der Waals surface area contributed by atoms with Crippen LogP contribution < -0.4 is 5.32 Å². The number of sulfonamides is 1. The van der Waals surface area contributed by atoms with E-state index in [2.05, 4.69) is 26.1 Å². The van der Waals surface area contributed by atoms with Crippen LogP contribution in [0.2, 0.25) is 0 Å². The molecule has 0 spiro atoms. The summed E-state index contributed by atoms with van der Waals surface area (Å²) in [5.74, 6) is -0.159. The highest BCUT2D eigenvalue weighted by atomic mass is 32.2. The van der Waals surface area contributed by atoms with Crippen molar-refractivity contribution in [2.45, 2.75) is 69.7 Å². The van der Waals surface area contributed by atoms with Gasteiger partial charge in [0.25, 0.3) is 0 Å². The zero-order valence-corrected chi connectivity index (χ0v) is 17.4. The second-order valence-corrected chi connectivity index (χ2v) is 10.2. The van der Waals surface area contributed by atoms with Crippen LogP contribution in [-0.2, 0) is 25.0 Å². The third-order valence-electron chi connectivity index (χ3n) is 4.88. The Balaban J connectivity index is 1.94. The summed E-state index contributed by atoms with van der Waals surface area (Å²) in [6.07, 6.45) is 1.58. The van der Waals surface area contributed by atoms with Crippen molar-refractivity contribution in [1.29, 1.82) is 0 Å². The molecule has 2 rings (SSSR count). The number of hydrogen-bond acceptors (Lipinski definition) is 4. The first-order valence-corrected chi connectivity index (χ1v) is 10.8. The van der Waals surface area contributed by atoms with Gasteiger partial charge in [-0.05, 0) is 42.9 Å². The van der Waals surface area contributed by atoms with Gasteiger partial charge in [0.15, 0.2) is 0 Å².